The van der Waals surface area contributed by atoms with E-state index in [2.05, 4.69) is 158 Å². The molecule has 4 atom stereocenters. The molecule has 4 aliphatic rings. The molecule has 6 aromatic rings. The summed E-state index contributed by atoms with van der Waals surface area (Å²) >= 11 is 0. The number of ether oxygens (including phenoxy) is 6. The van der Waals surface area contributed by atoms with Crippen molar-refractivity contribution in [3.8, 4) is 23.0 Å². The third-order valence-electron chi connectivity index (χ3n) is 15.2. The Labute approximate surface area is 403 Å². The highest BCUT2D eigenvalue weighted by atomic mass is 16.6. The third kappa shape index (κ3) is 10.5. The van der Waals surface area contributed by atoms with Crippen LogP contribution in [0.2, 0.25) is 0 Å². The number of epoxide rings is 2. The molecule has 2 saturated heterocycles. The Bertz CT molecular complexity index is 2260. The maximum Gasteiger partial charge on any atom is 0.122 e. The fraction of sp³-hybridized carbons (Fsp3) is 0.410. The first-order valence-corrected chi connectivity index (χ1v) is 25.5. The highest BCUT2D eigenvalue weighted by Crippen LogP contribution is 2.52. The van der Waals surface area contributed by atoms with E-state index in [1.54, 1.807) is 0 Å². The molecule has 7 heteroatoms. The molecule has 6 aromatic carbocycles. The van der Waals surface area contributed by atoms with Crippen LogP contribution >= 0.6 is 0 Å². The highest BCUT2D eigenvalue weighted by molar-refractivity contribution is 5.55. The van der Waals surface area contributed by atoms with Gasteiger partial charge < -0.3 is 33.5 Å². The molecule has 1 N–H and O–H groups in total. The van der Waals surface area contributed by atoms with Gasteiger partial charge in [0.15, 0.2) is 0 Å². The second-order valence-corrected chi connectivity index (χ2v) is 19.6. The van der Waals surface area contributed by atoms with E-state index in [9.17, 15) is 5.11 Å². The molecule has 2 aliphatic carbocycles. The molecule has 4 fully saturated rings. The number of hydrogen-bond acceptors (Lipinski definition) is 7. The van der Waals surface area contributed by atoms with Crippen LogP contribution in [0.15, 0.2) is 158 Å². The van der Waals surface area contributed by atoms with Gasteiger partial charge in [0.1, 0.15) is 67.7 Å². The molecule has 2 heterocycles. The Kier molecular flexibility index (Phi) is 14.8. The summed E-state index contributed by atoms with van der Waals surface area (Å²) in [6.45, 7) is 2.96. The molecule has 2 saturated carbocycles. The van der Waals surface area contributed by atoms with Crippen LogP contribution in [0.5, 0.6) is 23.0 Å². The second kappa shape index (κ2) is 21.8. The van der Waals surface area contributed by atoms with Gasteiger partial charge in [-0.25, -0.2) is 0 Å². The van der Waals surface area contributed by atoms with E-state index >= 15 is 0 Å². The van der Waals surface area contributed by atoms with Crippen LogP contribution in [0, 0.1) is 11.8 Å². The number of aliphatic hydroxyl groups excluding tert-OH is 1. The van der Waals surface area contributed by atoms with Gasteiger partial charge in [0.2, 0.25) is 0 Å². The first-order chi connectivity index (χ1) is 33.6. The second-order valence-electron chi connectivity index (χ2n) is 19.6. The first kappa shape index (κ1) is 46.1. The Morgan fingerprint density at radius 1 is 0.382 bits per heavy atom. The lowest BCUT2D eigenvalue weighted by Crippen LogP contribution is -2.38. The Morgan fingerprint density at radius 2 is 0.662 bits per heavy atom. The molecular formula is C61H68O7. The molecule has 0 bridgehead atoms. The fourth-order valence-corrected chi connectivity index (χ4v) is 11.6. The van der Waals surface area contributed by atoms with Crippen molar-refractivity contribution < 1.29 is 33.5 Å². The third-order valence-corrected chi connectivity index (χ3v) is 15.2. The summed E-state index contributed by atoms with van der Waals surface area (Å²) in [4.78, 5) is 0. The lowest BCUT2D eigenvalue weighted by atomic mass is 9.60. The maximum absolute atomic E-state index is 11.2. The summed E-state index contributed by atoms with van der Waals surface area (Å²) in [7, 11) is 0. The summed E-state index contributed by atoms with van der Waals surface area (Å²) in [5.41, 5.74) is 6.93. The van der Waals surface area contributed by atoms with Crippen LogP contribution in [-0.4, -0.2) is 63.1 Å². The summed E-state index contributed by atoms with van der Waals surface area (Å²) in [5.74, 6) is 4.02. The number of hydrogen-bond donors (Lipinski definition) is 1. The average molecular weight is 913 g/mol. The van der Waals surface area contributed by atoms with Gasteiger partial charge in [-0.3, -0.25) is 0 Å². The van der Waals surface area contributed by atoms with Gasteiger partial charge >= 0.3 is 0 Å². The number of aliphatic hydroxyl groups is 1. The molecular weight excluding hydrogens is 845 g/mol. The van der Waals surface area contributed by atoms with Crippen LogP contribution in [0.1, 0.15) is 110 Å². The van der Waals surface area contributed by atoms with Gasteiger partial charge in [-0.1, -0.05) is 161 Å². The minimum atomic E-state index is -0.822. The molecule has 2 aliphatic heterocycles. The number of benzene rings is 6. The van der Waals surface area contributed by atoms with E-state index in [0.29, 0.717) is 25.0 Å². The van der Waals surface area contributed by atoms with Gasteiger partial charge in [-0.05, 0) is 119 Å². The summed E-state index contributed by atoms with van der Waals surface area (Å²) in [6, 6.07) is 56.9. The first-order valence-electron chi connectivity index (χ1n) is 25.5. The number of rotatable bonds is 20. The van der Waals surface area contributed by atoms with Crippen LogP contribution in [0.3, 0.4) is 0 Å². The zero-order chi connectivity index (χ0) is 46.0. The molecule has 68 heavy (non-hydrogen) atoms. The Morgan fingerprint density at radius 3 is 0.956 bits per heavy atom. The lowest BCUT2D eigenvalue weighted by molar-refractivity contribution is 0.0626. The average Bonchev–Trinajstić information content (AvgIpc) is 4.31. The van der Waals surface area contributed by atoms with Crippen LogP contribution in [0.25, 0.3) is 0 Å². The minimum Gasteiger partial charge on any atom is -0.491 e. The summed E-state index contributed by atoms with van der Waals surface area (Å²) in [6.07, 6.45) is 14.3. The predicted molar refractivity (Wildman–Crippen MR) is 268 cm³/mol. The van der Waals surface area contributed by atoms with E-state index in [1.807, 2.05) is 0 Å². The highest BCUT2D eigenvalue weighted by Gasteiger charge is 2.45. The van der Waals surface area contributed by atoms with Crippen molar-refractivity contribution >= 4 is 0 Å². The van der Waals surface area contributed by atoms with Crippen molar-refractivity contribution in [2.75, 3.05) is 39.6 Å². The maximum atomic E-state index is 11.2. The topological polar surface area (TPSA) is 82.2 Å². The van der Waals surface area contributed by atoms with Crippen molar-refractivity contribution in [1.29, 1.82) is 0 Å². The SMILES string of the molecule is OC(COc1ccc(C(c2ccccc2)(c2ccc(OCC3CO3)cc2)C2CCCCCC2)cc1)COc1ccc(C(c2ccccc2)(c2ccc(OCC3CO3)cc2)C2CCCCCC2)cc1. The smallest absolute Gasteiger partial charge is 0.122 e. The van der Waals surface area contributed by atoms with Gasteiger partial charge in [0.05, 0.1) is 13.2 Å². The van der Waals surface area contributed by atoms with Crippen molar-refractivity contribution in [3.05, 3.63) is 191 Å². The van der Waals surface area contributed by atoms with Gasteiger partial charge in [-0.2, -0.15) is 0 Å². The standard InChI is InChI=1S/C61H68O7/c62-53(39-63-54-31-23-49(24-32-54)60(47-19-11-5-12-20-47,45-15-7-1-2-8-16-45)51-27-35-56(36-28-51)65-41-58-43-67-58)40-64-55-33-25-50(26-34-55)61(48-21-13-6-14-22-48,46-17-9-3-4-10-18-46)52-29-37-57(38-30-52)66-42-59-44-68-59/h5-6,11-14,19-38,45-46,53,58-59,62H,1-4,7-10,15-18,39-44H2. The molecule has 0 aromatic heterocycles. The van der Waals surface area contributed by atoms with Crippen molar-refractivity contribution in [2.45, 2.75) is 106 Å². The van der Waals surface area contributed by atoms with Gasteiger partial charge in [-0.15, -0.1) is 0 Å². The molecule has 10 rings (SSSR count). The minimum absolute atomic E-state index is 0.115. The molecule has 0 spiro atoms. The Balaban J connectivity index is 0.848. The molecule has 0 amide bonds. The molecule has 354 valence electrons. The Hall–Kier alpha value is -5.60. The monoisotopic (exact) mass is 912 g/mol. The van der Waals surface area contributed by atoms with E-state index in [4.69, 9.17) is 28.4 Å². The van der Waals surface area contributed by atoms with Crippen molar-refractivity contribution in [2.24, 2.45) is 11.8 Å². The summed E-state index contributed by atoms with van der Waals surface area (Å²) in [5, 5.41) is 11.2. The molecule has 4 unspecified atom stereocenters. The normalized spacial score (nSPS) is 21.0. The molecule has 7 nitrogen and oxygen atoms in total. The zero-order valence-electron chi connectivity index (χ0n) is 39.5. The van der Waals surface area contributed by atoms with E-state index in [-0.39, 0.29) is 36.3 Å². The quantitative estimate of drug-likeness (QED) is 0.0464. The lowest BCUT2D eigenvalue weighted by Gasteiger charge is -2.43. The van der Waals surface area contributed by atoms with E-state index < -0.39 is 6.10 Å². The zero-order valence-corrected chi connectivity index (χ0v) is 39.5. The van der Waals surface area contributed by atoms with Crippen LogP contribution in [-0.2, 0) is 20.3 Å². The van der Waals surface area contributed by atoms with Crippen molar-refractivity contribution in [1.82, 2.24) is 0 Å². The predicted octanol–water partition coefficient (Wildman–Crippen LogP) is 12.7. The summed E-state index contributed by atoms with van der Waals surface area (Å²) < 4.78 is 35.5. The van der Waals surface area contributed by atoms with Crippen LogP contribution in [0.4, 0.5) is 0 Å². The van der Waals surface area contributed by atoms with Gasteiger partial charge in [0, 0.05) is 10.8 Å². The van der Waals surface area contributed by atoms with E-state index in [0.717, 1.165) is 61.9 Å². The van der Waals surface area contributed by atoms with Crippen molar-refractivity contribution in [3.63, 3.8) is 0 Å². The molecule has 0 radical (unpaired) electrons. The fourth-order valence-electron chi connectivity index (χ4n) is 11.6. The largest absolute Gasteiger partial charge is 0.491 e. The van der Waals surface area contributed by atoms with E-state index in [1.165, 1.54) is 84.7 Å². The van der Waals surface area contributed by atoms with Gasteiger partial charge in [0.25, 0.3) is 0 Å². The van der Waals surface area contributed by atoms with Crippen LogP contribution < -0.4 is 18.9 Å².